The second-order valence-electron chi connectivity index (χ2n) is 5.64. The minimum Gasteiger partial charge on any atom is -1.00 e. The van der Waals surface area contributed by atoms with Crippen molar-refractivity contribution in [2.24, 2.45) is 5.92 Å². The molecule has 0 aromatic carbocycles. The Morgan fingerprint density at radius 3 is 2.56 bits per heavy atom. The third-order valence-corrected chi connectivity index (χ3v) is 4.44. The molecule has 1 atom stereocenters. The molecule has 5 nitrogen and oxygen atoms in total. The van der Waals surface area contributed by atoms with Crippen LogP contribution in [0.1, 0.15) is 36.1 Å². The number of anilines is 1. The summed E-state index contributed by atoms with van der Waals surface area (Å²) in [6, 6.07) is -1.10. The van der Waals surface area contributed by atoms with Crippen LogP contribution in [0.15, 0.2) is 23.8 Å². The van der Waals surface area contributed by atoms with Gasteiger partial charge in [0.1, 0.15) is 11.9 Å². The van der Waals surface area contributed by atoms with Gasteiger partial charge in [-0.3, -0.25) is 0 Å². The first-order valence-electron chi connectivity index (χ1n) is 7.48. The molecule has 1 aliphatic carbocycles. The number of aromatic nitrogens is 2. The average Bonchev–Trinajstić information content (AvgIpc) is 3.24. The van der Waals surface area contributed by atoms with E-state index in [-0.39, 0.29) is 63.6 Å². The quantitative estimate of drug-likeness (QED) is 0.426. The fourth-order valence-electron chi connectivity index (χ4n) is 2.32. The van der Waals surface area contributed by atoms with E-state index in [1.54, 1.807) is 0 Å². The number of thiazole rings is 1. The molecule has 1 N–H and O–H groups in total. The van der Waals surface area contributed by atoms with Crippen LogP contribution in [-0.4, -0.2) is 28.2 Å². The molecule has 0 amide bonds. The third-order valence-electron chi connectivity index (χ3n) is 3.69. The van der Waals surface area contributed by atoms with Gasteiger partial charge in [-0.05, 0) is 24.8 Å². The van der Waals surface area contributed by atoms with Crippen LogP contribution in [0.25, 0.3) is 0 Å². The number of nitrogens with zero attached hydrogens (tertiary/aromatic N) is 2. The van der Waals surface area contributed by atoms with Crippen molar-refractivity contribution in [3.63, 3.8) is 0 Å². The van der Waals surface area contributed by atoms with Crippen molar-refractivity contribution in [1.82, 2.24) is 9.97 Å². The van der Waals surface area contributed by atoms with Gasteiger partial charge in [0.2, 0.25) is 5.01 Å². The molecule has 2 aromatic rings. The van der Waals surface area contributed by atoms with Crippen molar-refractivity contribution in [2.75, 3.05) is 5.32 Å². The molecule has 1 aliphatic rings. The molecule has 0 aliphatic heterocycles. The molecule has 1 saturated carbocycles. The van der Waals surface area contributed by atoms with Gasteiger partial charge in [0.05, 0.1) is 11.8 Å². The van der Waals surface area contributed by atoms with Crippen LogP contribution >= 0.6 is 11.3 Å². The zero-order valence-corrected chi connectivity index (χ0v) is 17.9. The monoisotopic (exact) mass is 433 g/mol. The van der Waals surface area contributed by atoms with Crippen molar-refractivity contribution in [3.05, 3.63) is 34.4 Å². The molecule has 1 fully saturated rings. The van der Waals surface area contributed by atoms with E-state index in [1.165, 1.54) is 11.6 Å². The number of halogens is 5. The van der Waals surface area contributed by atoms with E-state index in [9.17, 15) is 26.7 Å². The Balaban J connectivity index is 0.00000196. The molecule has 0 bridgehead atoms. The SMILES string of the molecule is O=C(Oc1cnc(N[C@@H](C2CC2)C(F)(F)F)cc1C(F)F)c1nccs1.[H-].[K+]. The first-order chi connectivity index (χ1) is 12.3. The van der Waals surface area contributed by atoms with Gasteiger partial charge in [-0.15, -0.1) is 11.3 Å². The number of carbonyl (C=O) groups is 1. The smallest absolute Gasteiger partial charge is 1.00 e. The fraction of sp³-hybridized carbons (Fsp3) is 0.400. The van der Waals surface area contributed by atoms with Crippen LogP contribution in [0, 0.1) is 5.92 Å². The topological polar surface area (TPSA) is 64.1 Å². The molecule has 27 heavy (non-hydrogen) atoms. The van der Waals surface area contributed by atoms with Crippen molar-refractivity contribution >= 4 is 23.1 Å². The van der Waals surface area contributed by atoms with Gasteiger partial charge in [0.25, 0.3) is 6.43 Å². The molecular weight excluding hydrogens is 420 g/mol. The summed E-state index contributed by atoms with van der Waals surface area (Å²) in [6.45, 7) is 0. The predicted octanol–water partition coefficient (Wildman–Crippen LogP) is 1.56. The Morgan fingerprint density at radius 2 is 2.04 bits per heavy atom. The largest absolute Gasteiger partial charge is 1.00 e. The van der Waals surface area contributed by atoms with E-state index in [4.69, 9.17) is 4.74 Å². The number of hydrogen-bond donors (Lipinski definition) is 1. The van der Waals surface area contributed by atoms with Crippen LogP contribution < -0.4 is 61.4 Å². The van der Waals surface area contributed by atoms with Gasteiger partial charge >= 0.3 is 63.5 Å². The van der Waals surface area contributed by atoms with E-state index in [0.29, 0.717) is 12.8 Å². The number of pyridine rings is 1. The van der Waals surface area contributed by atoms with Crippen molar-refractivity contribution < 1.29 is 84.3 Å². The maximum Gasteiger partial charge on any atom is 1.00 e. The van der Waals surface area contributed by atoms with E-state index in [0.717, 1.165) is 23.6 Å². The number of carbonyl (C=O) groups excluding carboxylic acids is 1. The molecular formula is C15H13F5KN3O2S. The van der Waals surface area contributed by atoms with Crippen LogP contribution in [-0.2, 0) is 0 Å². The number of hydrogen-bond acceptors (Lipinski definition) is 6. The van der Waals surface area contributed by atoms with Gasteiger partial charge in [-0.25, -0.2) is 23.5 Å². The summed E-state index contributed by atoms with van der Waals surface area (Å²) in [5.41, 5.74) is -0.732. The van der Waals surface area contributed by atoms with Crippen molar-refractivity contribution in [3.8, 4) is 5.75 Å². The zero-order valence-electron chi connectivity index (χ0n) is 15.0. The molecule has 0 spiro atoms. The summed E-state index contributed by atoms with van der Waals surface area (Å²) in [5.74, 6) is -2.44. The number of nitrogens with one attached hydrogen (secondary N) is 1. The summed E-state index contributed by atoms with van der Waals surface area (Å²) in [5, 5.41) is 3.63. The van der Waals surface area contributed by atoms with Crippen LogP contribution in [0.4, 0.5) is 27.8 Å². The maximum atomic E-state index is 13.3. The number of rotatable bonds is 6. The Kier molecular flexibility index (Phi) is 7.73. The summed E-state index contributed by atoms with van der Waals surface area (Å²) < 4.78 is 70.5. The minimum atomic E-state index is -4.52. The molecule has 0 radical (unpaired) electrons. The molecule has 0 saturated heterocycles. The Bertz CT molecular complexity index is 790. The molecule has 142 valence electrons. The minimum absolute atomic E-state index is 0. The van der Waals surface area contributed by atoms with Gasteiger partial charge in [0.15, 0.2) is 5.75 Å². The first kappa shape index (κ1) is 22.6. The second kappa shape index (κ2) is 9.22. The van der Waals surface area contributed by atoms with E-state index in [2.05, 4.69) is 15.3 Å². The molecule has 0 unspecified atom stereocenters. The Labute approximate surface area is 198 Å². The molecule has 3 rings (SSSR count). The molecule has 12 heteroatoms. The Hall–Kier alpha value is -0.664. The summed E-state index contributed by atoms with van der Waals surface area (Å²) >= 11 is 0.958. The van der Waals surface area contributed by atoms with Crippen LogP contribution in [0.2, 0.25) is 0 Å². The van der Waals surface area contributed by atoms with Gasteiger partial charge in [-0.2, -0.15) is 13.2 Å². The van der Waals surface area contributed by atoms with Crippen molar-refractivity contribution in [2.45, 2.75) is 31.5 Å². The number of ether oxygens (including phenoxy) is 1. The van der Waals surface area contributed by atoms with Crippen LogP contribution in [0.5, 0.6) is 5.75 Å². The maximum absolute atomic E-state index is 13.3. The predicted molar refractivity (Wildman–Crippen MR) is 83.6 cm³/mol. The zero-order chi connectivity index (χ0) is 18.9. The van der Waals surface area contributed by atoms with E-state index in [1.807, 2.05) is 0 Å². The normalized spacial score (nSPS) is 15.2. The summed E-state index contributed by atoms with van der Waals surface area (Å²) in [6.07, 6.45) is -4.64. The summed E-state index contributed by atoms with van der Waals surface area (Å²) in [7, 11) is 0. The average molecular weight is 433 g/mol. The van der Waals surface area contributed by atoms with Crippen LogP contribution in [0.3, 0.4) is 0 Å². The molecule has 2 aromatic heterocycles. The van der Waals surface area contributed by atoms with Gasteiger partial charge < -0.3 is 11.5 Å². The number of alkyl halides is 5. The van der Waals surface area contributed by atoms with E-state index >= 15 is 0 Å². The standard InChI is InChI=1S/C15H12F5N3O2S.K.H/c16-12(17)8-5-10(23-11(7-1-2-7)15(18,19)20)22-6-9(8)25-14(24)13-21-3-4-26-13;;/h3-7,11-12H,1-2H2,(H,22,23);;/q;+1;-1/t11-;;/m0../s1. The molecule has 2 heterocycles. The van der Waals surface area contributed by atoms with E-state index < -0.39 is 41.8 Å². The van der Waals surface area contributed by atoms with Gasteiger partial charge in [-0.1, -0.05) is 0 Å². The second-order valence-corrected chi connectivity index (χ2v) is 6.53. The fourth-order valence-corrected chi connectivity index (χ4v) is 2.83. The first-order valence-corrected chi connectivity index (χ1v) is 8.36. The van der Waals surface area contributed by atoms with Gasteiger partial charge in [0, 0.05) is 11.6 Å². The number of esters is 1. The summed E-state index contributed by atoms with van der Waals surface area (Å²) in [4.78, 5) is 19.2. The van der Waals surface area contributed by atoms with Crippen molar-refractivity contribution in [1.29, 1.82) is 0 Å². The third kappa shape index (κ3) is 5.91. The Morgan fingerprint density at radius 1 is 1.33 bits per heavy atom.